The predicted molar refractivity (Wildman–Crippen MR) is 144 cm³/mol. The van der Waals surface area contributed by atoms with Gasteiger partial charge in [-0.2, -0.15) is 0 Å². The number of aliphatic hydroxyl groups is 1. The van der Waals surface area contributed by atoms with E-state index in [0.29, 0.717) is 23.5 Å². The van der Waals surface area contributed by atoms with Gasteiger partial charge in [0.2, 0.25) is 0 Å². The highest BCUT2D eigenvalue weighted by atomic mass is 16.6. The lowest BCUT2D eigenvalue weighted by Gasteiger charge is -2.26. The smallest absolute Gasteiger partial charge is 0.295 e. The molecule has 0 spiro atoms. The molecule has 2 heterocycles. The van der Waals surface area contributed by atoms with E-state index in [1.165, 1.54) is 36.3 Å². The van der Waals surface area contributed by atoms with Gasteiger partial charge in [-0.1, -0.05) is 30.3 Å². The number of aliphatic hydroxyl groups excluding tert-OH is 1. The summed E-state index contributed by atoms with van der Waals surface area (Å²) in [6.07, 6.45) is 2.25. The number of likely N-dealkylation sites (tertiary alicyclic amines) is 1. The molecule has 1 aromatic heterocycles. The largest absolute Gasteiger partial charge is 0.507 e. The molecule has 1 aliphatic heterocycles. The number of nitro groups is 1. The lowest BCUT2D eigenvalue weighted by molar-refractivity contribution is -0.384. The molecule has 5 rings (SSSR count). The number of nitrogens with zero attached hydrogens (tertiary/aromatic N) is 2. The number of rotatable bonds is 8. The van der Waals surface area contributed by atoms with Crippen molar-refractivity contribution in [1.29, 1.82) is 0 Å². The molecule has 0 unspecified atom stereocenters. The lowest BCUT2D eigenvalue weighted by Crippen LogP contribution is -2.31. The number of nitro benzene ring substituents is 1. The third-order valence-electron chi connectivity index (χ3n) is 6.90. The van der Waals surface area contributed by atoms with Gasteiger partial charge in [-0.25, -0.2) is 0 Å². The zero-order valence-corrected chi connectivity index (χ0v) is 21.2. The molecular weight excluding hydrogens is 502 g/mol. The normalized spacial score (nSPS) is 16.6. The second-order valence-electron chi connectivity index (χ2n) is 9.02. The van der Waals surface area contributed by atoms with Gasteiger partial charge in [0, 0.05) is 46.9 Å². The van der Waals surface area contributed by atoms with Gasteiger partial charge in [0.15, 0.2) is 0 Å². The van der Waals surface area contributed by atoms with Gasteiger partial charge in [0.25, 0.3) is 17.4 Å². The minimum Gasteiger partial charge on any atom is -0.507 e. The third-order valence-corrected chi connectivity index (χ3v) is 6.90. The number of aromatic nitrogens is 1. The van der Waals surface area contributed by atoms with Gasteiger partial charge in [-0.3, -0.25) is 19.7 Å². The van der Waals surface area contributed by atoms with E-state index in [0.717, 1.165) is 16.5 Å². The molecule has 3 aromatic carbocycles. The molecule has 1 amide bonds. The highest BCUT2D eigenvalue weighted by Crippen LogP contribution is 2.43. The maximum atomic E-state index is 13.4. The number of amides is 1. The summed E-state index contributed by atoms with van der Waals surface area (Å²) in [5, 5.41) is 23.5. The van der Waals surface area contributed by atoms with Crippen LogP contribution >= 0.6 is 0 Å². The number of para-hydroxylation sites is 1. The van der Waals surface area contributed by atoms with E-state index in [1.54, 1.807) is 31.4 Å². The van der Waals surface area contributed by atoms with Crippen LogP contribution in [0.25, 0.3) is 16.7 Å². The van der Waals surface area contributed by atoms with Crippen LogP contribution in [0.4, 0.5) is 5.69 Å². The summed E-state index contributed by atoms with van der Waals surface area (Å²) < 4.78 is 10.9. The van der Waals surface area contributed by atoms with Crippen molar-refractivity contribution in [2.24, 2.45) is 0 Å². The molecule has 198 valence electrons. The van der Waals surface area contributed by atoms with E-state index in [9.17, 15) is 24.8 Å². The Morgan fingerprint density at radius 1 is 1.05 bits per heavy atom. The number of non-ortho nitro benzene ring substituents is 1. The fraction of sp³-hybridized carbons (Fsp3) is 0.172. The summed E-state index contributed by atoms with van der Waals surface area (Å²) >= 11 is 0. The summed E-state index contributed by atoms with van der Waals surface area (Å²) in [7, 11) is 3.06. The molecule has 1 atom stereocenters. The van der Waals surface area contributed by atoms with Crippen molar-refractivity contribution in [2.45, 2.75) is 12.5 Å². The Bertz CT molecular complexity index is 1640. The summed E-state index contributed by atoms with van der Waals surface area (Å²) in [4.78, 5) is 42.1. The molecule has 1 saturated heterocycles. The van der Waals surface area contributed by atoms with Crippen LogP contribution in [0.15, 0.2) is 78.5 Å². The molecule has 0 bridgehead atoms. The number of benzene rings is 3. The fourth-order valence-corrected chi connectivity index (χ4v) is 4.98. The van der Waals surface area contributed by atoms with Crippen molar-refractivity contribution < 1.29 is 29.1 Å². The van der Waals surface area contributed by atoms with Crippen molar-refractivity contribution in [3.05, 3.63) is 105 Å². The molecule has 1 aliphatic rings. The SMILES string of the molecule is COc1ccc2[nH]cc(CCN3C(=O)C(=O)C(=C(O)c4cccc([N+](=O)[O-])c4)[C@@H]3c3ccccc3OC)c2c1. The van der Waals surface area contributed by atoms with E-state index in [1.807, 2.05) is 24.4 Å². The quantitative estimate of drug-likeness (QED) is 0.111. The average molecular weight is 528 g/mol. The molecule has 10 heteroatoms. The van der Waals surface area contributed by atoms with Crippen LogP contribution in [0.2, 0.25) is 0 Å². The molecule has 0 radical (unpaired) electrons. The molecule has 39 heavy (non-hydrogen) atoms. The molecule has 1 fully saturated rings. The number of Topliss-reactive ketones (excluding diaryl/α,β-unsaturated/α-hetero) is 1. The molecule has 10 nitrogen and oxygen atoms in total. The molecule has 2 N–H and O–H groups in total. The Morgan fingerprint density at radius 3 is 2.59 bits per heavy atom. The van der Waals surface area contributed by atoms with Crippen molar-refractivity contribution in [3.8, 4) is 11.5 Å². The van der Waals surface area contributed by atoms with Gasteiger partial charge in [0.1, 0.15) is 17.3 Å². The first-order valence-corrected chi connectivity index (χ1v) is 12.1. The van der Waals surface area contributed by atoms with Crippen LogP contribution < -0.4 is 9.47 Å². The Labute approximate surface area is 223 Å². The minimum atomic E-state index is -0.972. The highest BCUT2D eigenvalue weighted by molar-refractivity contribution is 6.46. The van der Waals surface area contributed by atoms with Crippen LogP contribution in [-0.4, -0.2) is 52.4 Å². The Kier molecular flexibility index (Phi) is 6.76. The zero-order chi connectivity index (χ0) is 27.7. The highest BCUT2D eigenvalue weighted by Gasteiger charge is 2.47. The minimum absolute atomic E-state index is 0.0609. The Balaban J connectivity index is 1.60. The maximum absolute atomic E-state index is 13.4. The van der Waals surface area contributed by atoms with Crippen LogP contribution in [-0.2, 0) is 16.0 Å². The number of fused-ring (bicyclic) bond motifs is 1. The molecular formula is C29H25N3O7. The van der Waals surface area contributed by atoms with Crippen molar-refractivity contribution in [2.75, 3.05) is 20.8 Å². The summed E-state index contributed by atoms with van der Waals surface area (Å²) in [6.45, 7) is 0.156. The lowest BCUT2D eigenvalue weighted by atomic mass is 9.94. The van der Waals surface area contributed by atoms with Gasteiger partial charge < -0.3 is 24.5 Å². The van der Waals surface area contributed by atoms with Gasteiger partial charge in [-0.15, -0.1) is 0 Å². The second-order valence-corrected chi connectivity index (χ2v) is 9.02. The first kappa shape index (κ1) is 25.5. The van der Waals surface area contributed by atoms with Gasteiger partial charge in [0.05, 0.1) is 30.8 Å². The summed E-state index contributed by atoms with van der Waals surface area (Å²) in [6, 6.07) is 16.9. The molecule has 4 aromatic rings. The van der Waals surface area contributed by atoms with Gasteiger partial charge >= 0.3 is 0 Å². The third kappa shape index (κ3) is 4.56. The second kappa shape index (κ2) is 10.3. The van der Waals surface area contributed by atoms with E-state index in [2.05, 4.69) is 4.98 Å². The van der Waals surface area contributed by atoms with Gasteiger partial charge in [-0.05, 0) is 36.2 Å². The monoisotopic (exact) mass is 527 g/mol. The first-order valence-electron chi connectivity index (χ1n) is 12.1. The van der Waals surface area contributed by atoms with Crippen molar-refractivity contribution >= 4 is 34.0 Å². The maximum Gasteiger partial charge on any atom is 0.295 e. The van der Waals surface area contributed by atoms with Crippen LogP contribution in [0.5, 0.6) is 11.5 Å². The Morgan fingerprint density at radius 2 is 1.85 bits per heavy atom. The van der Waals surface area contributed by atoms with E-state index in [4.69, 9.17) is 9.47 Å². The van der Waals surface area contributed by atoms with Crippen molar-refractivity contribution in [1.82, 2.24) is 9.88 Å². The standard InChI is InChI=1S/C29H25N3O7/c1-38-20-10-11-23-22(15-20)18(16-30-23)12-13-31-26(21-8-3-4-9-24(21)39-2)25(28(34)29(31)35)27(33)17-6-5-7-19(14-17)32(36)37/h3-11,14-16,26,30,33H,12-13H2,1-2H3/t26-/m0/s1. The fourth-order valence-electron chi connectivity index (χ4n) is 4.98. The number of carbonyl (C=O) groups excluding carboxylic acids is 2. The number of methoxy groups -OCH3 is 2. The Hall–Kier alpha value is -5.12. The van der Waals surface area contributed by atoms with E-state index < -0.39 is 28.4 Å². The number of aromatic amines is 1. The number of ether oxygens (including phenoxy) is 2. The van der Waals surface area contributed by atoms with Crippen molar-refractivity contribution in [3.63, 3.8) is 0 Å². The number of hydrogen-bond acceptors (Lipinski definition) is 7. The number of hydrogen-bond donors (Lipinski definition) is 2. The van der Waals surface area contributed by atoms with E-state index in [-0.39, 0.29) is 23.4 Å². The van der Waals surface area contributed by atoms with Crippen LogP contribution in [0, 0.1) is 10.1 Å². The summed E-state index contributed by atoms with van der Waals surface area (Å²) in [5.74, 6) is -1.04. The number of H-pyrrole nitrogens is 1. The van der Waals surface area contributed by atoms with Crippen LogP contribution in [0.3, 0.4) is 0 Å². The first-order chi connectivity index (χ1) is 18.8. The number of ketones is 1. The topological polar surface area (TPSA) is 135 Å². The molecule has 0 aliphatic carbocycles. The number of nitrogens with one attached hydrogen (secondary N) is 1. The molecule has 0 saturated carbocycles. The predicted octanol–water partition coefficient (Wildman–Crippen LogP) is 4.76. The summed E-state index contributed by atoms with van der Waals surface area (Å²) in [5.41, 5.74) is 1.98. The number of carbonyl (C=O) groups is 2. The van der Waals surface area contributed by atoms with E-state index >= 15 is 0 Å². The van der Waals surface area contributed by atoms with Crippen LogP contribution in [0.1, 0.15) is 22.7 Å². The zero-order valence-electron chi connectivity index (χ0n) is 21.2. The average Bonchev–Trinajstić information content (AvgIpc) is 3.48.